The second-order valence-corrected chi connectivity index (χ2v) is 7.20. The van der Waals surface area contributed by atoms with E-state index in [1.54, 1.807) is 47.4 Å². The molecule has 0 radical (unpaired) electrons. The quantitative estimate of drug-likeness (QED) is 0.635. The molecular weight excluding hydrogens is 370 g/mol. The zero-order valence-corrected chi connectivity index (χ0v) is 16.1. The third-order valence-corrected chi connectivity index (χ3v) is 5.05. The normalized spacial score (nSPS) is 14.7. The number of hydrogen-bond donors (Lipinski definition) is 0. The van der Waals surface area contributed by atoms with Crippen molar-refractivity contribution in [3.63, 3.8) is 0 Å². The topological polar surface area (TPSA) is 76.8 Å². The number of carbonyl (C=O) groups is 2. The van der Waals surface area contributed by atoms with Crippen LogP contribution < -0.4 is 5.43 Å². The Balaban J connectivity index is 1.66. The summed E-state index contributed by atoms with van der Waals surface area (Å²) < 4.78 is 11.2. The van der Waals surface area contributed by atoms with Crippen molar-refractivity contribution in [1.29, 1.82) is 0 Å². The second kappa shape index (κ2) is 7.91. The summed E-state index contributed by atoms with van der Waals surface area (Å²) >= 11 is 0. The standard InChI is InChI=1S/C23H21NO5/c1-15-9-10-19-17(13-15)18(25)14-20(28-19)23(27)29-21(16-7-3-2-4-8-16)22(26)24-11-5-6-12-24/h2-4,7-10,13-14,21H,5-6,11-12H2,1H3/t21-/m0/s1. The van der Waals surface area contributed by atoms with Gasteiger partial charge in [0.15, 0.2) is 5.43 Å². The minimum absolute atomic E-state index is 0.221. The number of amides is 1. The lowest BCUT2D eigenvalue weighted by Crippen LogP contribution is -2.35. The molecule has 2 heterocycles. The molecule has 4 rings (SSSR count). The first kappa shape index (κ1) is 18.9. The van der Waals surface area contributed by atoms with Crippen molar-refractivity contribution in [2.75, 3.05) is 13.1 Å². The van der Waals surface area contributed by atoms with Crippen LogP contribution in [0.1, 0.15) is 40.6 Å². The lowest BCUT2D eigenvalue weighted by Gasteiger charge is -2.23. The third kappa shape index (κ3) is 3.92. The van der Waals surface area contributed by atoms with Gasteiger partial charge in [-0.25, -0.2) is 4.79 Å². The molecule has 0 N–H and O–H groups in total. The molecule has 0 spiro atoms. The number of rotatable bonds is 4. The molecule has 1 saturated heterocycles. The smallest absolute Gasteiger partial charge is 0.375 e. The first-order valence-corrected chi connectivity index (χ1v) is 9.62. The predicted octanol–water partition coefficient (Wildman–Crippen LogP) is 3.62. The van der Waals surface area contributed by atoms with E-state index in [1.807, 2.05) is 13.0 Å². The highest BCUT2D eigenvalue weighted by atomic mass is 16.6. The van der Waals surface area contributed by atoms with Gasteiger partial charge in [0.05, 0.1) is 5.39 Å². The molecular formula is C23H21NO5. The first-order chi connectivity index (χ1) is 14.0. The summed E-state index contributed by atoms with van der Waals surface area (Å²) in [5.41, 5.74) is 1.47. The van der Waals surface area contributed by atoms with Crippen LogP contribution in [0.2, 0.25) is 0 Å². The van der Waals surface area contributed by atoms with E-state index in [9.17, 15) is 14.4 Å². The molecule has 0 unspecified atom stereocenters. The maximum Gasteiger partial charge on any atom is 0.375 e. The predicted molar refractivity (Wildman–Crippen MR) is 108 cm³/mol. The zero-order chi connectivity index (χ0) is 20.4. The van der Waals surface area contributed by atoms with Crippen molar-refractivity contribution in [2.24, 2.45) is 0 Å². The fourth-order valence-electron chi connectivity index (χ4n) is 3.53. The number of aryl methyl sites for hydroxylation is 1. The molecule has 2 aromatic carbocycles. The van der Waals surface area contributed by atoms with Gasteiger partial charge in [-0.2, -0.15) is 0 Å². The Labute approximate surface area is 167 Å². The van der Waals surface area contributed by atoms with Gasteiger partial charge in [0.2, 0.25) is 11.9 Å². The fourth-order valence-corrected chi connectivity index (χ4v) is 3.53. The van der Waals surface area contributed by atoms with Crippen LogP contribution >= 0.6 is 0 Å². The Morgan fingerprint density at radius 2 is 1.76 bits per heavy atom. The summed E-state index contributed by atoms with van der Waals surface area (Å²) in [6.07, 6.45) is 0.779. The zero-order valence-electron chi connectivity index (χ0n) is 16.1. The summed E-state index contributed by atoms with van der Waals surface area (Å²) in [5, 5.41) is 0.398. The molecule has 0 aliphatic carbocycles. The van der Waals surface area contributed by atoms with Gasteiger partial charge < -0.3 is 14.1 Å². The third-order valence-electron chi connectivity index (χ3n) is 5.05. The molecule has 6 heteroatoms. The van der Waals surface area contributed by atoms with Crippen LogP contribution in [-0.2, 0) is 9.53 Å². The number of fused-ring (bicyclic) bond motifs is 1. The average Bonchev–Trinajstić information content (AvgIpc) is 3.27. The van der Waals surface area contributed by atoms with E-state index < -0.39 is 12.1 Å². The Morgan fingerprint density at radius 1 is 1.03 bits per heavy atom. The van der Waals surface area contributed by atoms with Gasteiger partial charge in [0, 0.05) is 24.7 Å². The number of hydrogen-bond acceptors (Lipinski definition) is 5. The van der Waals surface area contributed by atoms with Crippen LogP contribution in [-0.4, -0.2) is 29.9 Å². The molecule has 1 aromatic heterocycles. The minimum atomic E-state index is -1.08. The van der Waals surface area contributed by atoms with Gasteiger partial charge >= 0.3 is 5.97 Å². The highest BCUT2D eigenvalue weighted by Crippen LogP contribution is 2.24. The molecule has 29 heavy (non-hydrogen) atoms. The molecule has 0 bridgehead atoms. The summed E-state index contributed by atoms with van der Waals surface area (Å²) in [6, 6.07) is 15.1. The van der Waals surface area contributed by atoms with E-state index in [1.165, 1.54) is 0 Å². The van der Waals surface area contributed by atoms with Crippen LogP contribution in [0, 0.1) is 6.92 Å². The Bertz CT molecular complexity index is 1110. The molecule has 148 valence electrons. The van der Waals surface area contributed by atoms with E-state index in [4.69, 9.17) is 9.15 Å². The Kier molecular flexibility index (Phi) is 5.16. The maximum atomic E-state index is 13.0. The Morgan fingerprint density at radius 3 is 2.48 bits per heavy atom. The van der Waals surface area contributed by atoms with Gasteiger partial charge in [0.1, 0.15) is 5.58 Å². The van der Waals surface area contributed by atoms with Crippen LogP contribution in [0.5, 0.6) is 0 Å². The van der Waals surface area contributed by atoms with Gasteiger partial charge in [-0.05, 0) is 31.9 Å². The number of benzene rings is 2. The van der Waals surface area contributed by atoms with Gasteiger partial charge in [-0.15, -0.1) is 0 Å². The van der Waals surface area contributed by atoms with Crippen LogP contribution in [0.25, 0.3) is 11.0 Å². The first-order valence-electron chi connectivity index (χ1n) is 9.62. The molecule has 1 fully saturated rings. The summed E-state index contributed by atoms with van der Waals surface area (Å²) in [4.78, 5) is 39.9. The molecule has 1 aliphatic rings. The molecule has 3 aromatic rings. The molecule has 1 atom stereocenters. The fraction of sp³-hybridized carbons (Fsp3) is 0.261. The van der Waals surface area contributed by atoms with Crippen LogP contribution in [0.15, 0.2) is 63.8 Å². The lowest BCUT2D eigenvalue weighted by molar-refractivity contribution is -0.140. The van der Waals surface area contributed by atoms with E-state index in [0.29, 0.717) is 29.6 Å². The molecule has 0 saturated carbocycles. The van der Waals surface area contributed by atoms with Crippen molar-refractivity contribution < 1.29 is 18.7 Å². The Hall–Kier alpha value is -3.41. The van der Waals surface area contributed by atoms with E-state index in [-0.39, 0.29) is 17.1 Å². The number of carbonyl (C=O) groups excluding carboxylic acids is 2. The number of likely N-dealkylation sites (tertiary alicyclic amines) is 1. The monoisotopic (exact) mass is 391 g/mol. The van der Waals surface area contributed by atoms with E-state index >= 15 is 0 Å². The number of nitrogens with zero attached hydrogens (tertiary/aromatic N) is 1. The van der Waals surface area contributed by atoms with Gasteiger partial charge in [-0.3, -0.25) is 9.59 Å². The molecule has 1 amide bonds. The second-order valence-electron chi connectivity index (χ2n) is 7.20. The van der Waals surface area contributed by atoms with Crippen LogP contribution in [0.3, 0.4) is 0 Å². The van der Waals surface area contributed by atoms with Crippen molar-refractivity contribution in [3.8, 4) is 0 Å². The average molecular weight is 391 g/mol. The highest BCUT2D eigenvalue weighted by molar-refractivity contribution is 5.92. The van der Waals surface area contributed by atoms with E-state index in [0.717, 1.165) is 24.5 Å². The van der Waals surface area contributed by atoms with Crippen molar-refractivity contribution in [1.82, 2.24) is 4.90 Å². The summed E-state index contributed by atoms with van der Waals surface area (Å²) in [6.45, 7) is 3.16. The highest BCUT2D eigenvalue weighted by Gasteiger charge is 2.32. The van der Waals surface area contributed by atoms with Gasteiger partial charge in [0.25, 0.3) is 5.91 Å². The molecule has 1 aliphatic heterocycles. The van der Waals surface area contributed by atoms with Crippen molar-refractivity contribution in [3.05, 3.63) is 81.7 Å². The summed E-state index contributed by atoms with van der Waals surface area (Å²) in [7, 11) is 0. The largest absolute Gasteiger partial charge is 0.449 e. The van der Waals surface area contributed by atoms with Crippen molar-refractivity contribution in [2.45, 2.75) is 25.9 Å². The van der Waals surface area contributed by atoms with E-state index in [2.05, 4.69) is 0 Å². The number of esters is 1. The molecule has 6 nitrogen and oxygen atoms in total. The van der Waals surface area contributed by atoms with Crippen LogP contribution in [0.4, 0.5) is 0 Å². The maximum absolute atomic E-state index is 13.0. The lowest BCUT2D eigenvalue weighted by atomic mass is 10.1. The number of ether oxygens (including phenoxy) is 1. The minimum Gasteiger partial charge on any atom is -0.449 e. The van der Waals surface area contributed by atoms with Crippen molar-refractivity contribution >= 4 is 22.8 Å². The summed E-state index contributed by atoms with van der Waals surface area (Å²) in [5.74, 6) is -1.33. The SMILES string of the molecule is Cc1ccc2oc(C(=O)O[C@H](C(=O)N3CCCC3)c3ccccc3)cc(=O)c2c1. The van der Waals surface area contributed by atoms with Gasteiger partial charge in [-0.1, -0.05) is 42.0 Å².